The van der Waals surface area contributed by atoms with Crippen molar-refractivity contribution in [3.63, 3.8) is 0 Å². The lowest BCUT2D eigenvalue weighted by molar-refractivity contribution is -0.130. The van der Waals surface area contributed by atoms with Crippen LogP contribution in [-0.2, 0) is 16.0 Å². The second-order valence-electron chi connectivity index (χ2n) is 5.74. The van der Waals surface area contributed by atoms with E-state index in [1.165, 1.54) is 7.11 Å². The third-order valence-electron chi connectivity index (χ3n) is 3.61. The molecule has 0 aliphatic heterocycles. The minimum absolute atomic E-state index is 0.211. The Morgan fingerprint density at radius 1 is 1.23 bits per heavy atom. The third-order valence-corrected chi connectivity index (χ3v) is 4.48. The Morgan fingerprint density at radius 2 is 1.88 bits per heavy atom. The van der Waals surface area contributed by atoms with Gasteiger partial charge >= 0.3 is 5.97 Å². The molecule has 2 atom stereocenters. The second-order valence-corrected chi connectivity index (χ2v) is 7.47. The molecule has 2 N–H and O–H groups in total. The lowest BCUT2D eigenvalue weighted by Gasteiger charge is -2.17. The van der Waals surface area contributed by atoms with Crippen molar-refractivity contribution in [3.8, 4) is 0 Å². The van der Waals surface area contributed by atoms with Gasteiger partial charge in [-0.15, -0.1) is 0 Å². The summed E-state index contributed by atoms with van der Waals surface area (Å²) < 4.78 is 5.89. The SMILES string of the molecule is COC(=O)c1ccc(CC(C)NC(=O)C(O)c2cc(Br)cc(Br)n2)cc1. The fourth-order valence-corrected chi connectivity index (χ4v) is 3.59. The summed E-state index contributed by atoms with van der Waals surface area (Å²) in [5, 5.41) is 13.0. The van der Waals surface area contributed by atoms with E-state index in [1.54, 1.807) is 36.4 Å². The number of aliphatic hydroxyl groups excluding tert-OH is 1. The first-order valence-corrected chi connectivity index (χ1v) is 9.37. The molecule has 1 aromatic heterocycles. The maximum atomic E-state index is 12.3. The summed E-state index contributed by atoms with van der Waals surface area (Å²) in [4.78, 5) is 27.8. The van der Waals surface area contributed by atoms with E-state index in [4.69, 9.17) is 0 Å². The number of benzene rings is 1. The van der Waals surface area contributed by atoms with Crippen LogP contribution in [0, 0.1) is 0 Å². The molecule has 0 aliphatic rings. The number of hydrogen-bond acceptors (Lipinski definition) is 5. The van der Waals surface area contributed by atoms with Crippen molar-refractivity contribution in [2.75, 3.05) is 7.11 Å². The molecule has 0 spiro atoms. The first kappa shape index (κ1) is 20.5. The van der Waals surface area contributed by atoms with E-state index < -0.39 is 18.0 Å². The topological polar surface area (TPSA) is 88.5 Å². The van der Waals surface area contributed by atoms with Crippen LogP contribution >= 0.6 is 31.9 Å². The van der Waals surface area contributed by atoms with Crippen molar-refractivity contribution in [1.29, 1.82) is 0 Å². The molecule has 2 rings (SSSR count). The van der Waals surface area contributed by atoms with Gasteiger partial charge in [0, 0.05) is 10.5 Å². The number of ether oxygens (including phenoxy) is 1. The number of halogens is 2. The molecule has 0 radical (unpaired) electrons. The van der Waals surface area contributed by atoms with E-state index >= 15 is 0 Å². The highest BCUT2D eigenvalue weighted by atomic mass is 79.9. The fraction of sp³-hybridized carbons (Fsp3) is 0.278. The molecule has 1 amide bonds. The van der Waals surface area contributed by atoms with Crippen molar-refractivity contribution in [1.82, 2.24) is 10.3 Å². The summed E-state index contributed by atoms with van der Waals surface area (Å²) in [5.74, 6) is -0.921. The van der Waals surface area contributed by atoms with Gasteiger partial charge < -0.3 is 15.2 Å². The molecule has 0 saturated carbocycles. The lowest BCUT2D eigenvalue weighted by atomic mass is 10.0. The van der Waals surface area contributed by atoms with Crippen molar-refractivity contribution in [2.24, 2.45) is 0 Å². The van der Waals surface area contributed by atoms with Crippen LogP contribution in [0.15, 0.2) is 45.5 Å². The number of pyridine rings is 1. The summed E-state index contributed by atoms with van der Waals surface area (Å²) >= 11 is 6.53. The van der Waals surface area contributed by atoms with E-state index in [0.29, 0.717) is 21.1 Å². The maximum absolute atomic E-state index is 12.3. The molecule has 2 unspecified atom stereocenters. The van der Waals surface area contributed by atoms with Gasteiger partial charge in [-0.3, -0.25) is 4.79 Å². The highest BCUT2D eigenvalue weighted by Gasteiger charge is 2.21. The molecular weight excluding hydrogens is 468 g/mol. The molecule has 1 heterocycles. The molecule has 8 heteroatoms. The van der Waals surface area contributed by atoms with Gasteiger partial charge in [0.1, 0.15) is 4.60 Å². The summed E-state index contributed by atoms with van der Waals surface area (Å²) in [5.41, 5.74) is 1.66. The number of methoxy groups -OCH3 is 1. The number of hydrogen-bond donors (Lipinski definition) is 2. The van der Waals surface area contributed by atoms with Gasteiger partial charge in [0.2, 0.25) is 0 Å². The number of amides is 1. The molecule has 0 fully saturated rings. The Morgan fingerprint density at radius 3 is 2.46 bits per heavy atom. The largest absolute Gasteiger partial charge is 0.465 e. The Balaban J connectivity index is 1.97. The van der Waals surface area contributed by atoms with Gasteiger partial charge in [-0.25, -0.2) is 9.78 Å². The fourth-order valence-electron chi connectivity index (χ4n) is 2.38. The molecular formula is C18H18Br2N2O4. The average Bonchev–Trinajstić information content (AvgIpc) is 2.60. The predicted molar refractivity (Wildman–Crippen MR) is 104 cm³/mol. The lowest BCUT2D eigenvalue weighted by Crippen LogP contribution is -2.37. The van der Waals surface area contributed by atoms with Gasteiger partial charge in [-0.1, -0.05) is 28.1 Å². The number of nitrogens with zero attached hydrogens (tertiary/aromatic N) is 1. The van der Waals surface area contributed by atoms with Crippen LogP contribution in [0.5, 0.6) is 0 Å². The molecule has 0 bridgehead atoms. The van der Waals surface area contributed by atoms with E-state index in [2.05, 4.69) is 46.9 Å². The number of nitrogens with one attached hydrogen (secondary N) is 1. The zero-order valence-electron chi connectivity index (χ0n) is 14.2. The first-order valence-electron chi connectivity index (χ1n) is 7.79. The quantitative estimate of drug-likeness (QED) is 0.484. The smallest absolute Gasteiger partial charge is 0.337 e. The summed E-state index contributed by atoms with van der Waals surface area (Å²) in [6.07, 6.45) is -0.817. The van der Waals surface area contributed by atoms with Crippen LogP contribution in [0.4, 0.5) is 0 Å². The molecule has 0 aliphatic carbocycles. The second kappa shape index (κ2) is 9.25. The summed E-state index contributed by atoms with van der Waals surface area (Å²) in [6, 6.07) is 10.1. The summed E-state index contributed by atoms with van der Waals surface area (Å²) in [7, 11) is 1.33. The van der Waals surface area contributed by atoms with Crippen LogP contribution in [0.2, 0.25) is 0 Å². The molecule has 0 saturated heterocycles. The first-order chi connectivity index (χ1) is 12.3. The van der Waals surface area contributed by atoms with Crippen LogP contribution in [0.1, 0.15) is 34.6 Å². The Labute approximate surface area is 168 Å². The molecule has 6 nitrogen and oxygen atoms in total. The summed E-state index contributed by atoms with van der Waals surface area (Å²) in [6.45, 7) is 1.84. The monoisotopic (exact) mass is 484 g/mol. The van der Waals surface area contributed by atoms with Crippen LogP contribution in [0.3, 0.4) is 0 Å². The van der Waals surface area contributed by atoms with Crippen LogP contribution in [0.25, 0.3) is 0 Å². The Bertz CT molecular complexity index is 776. The Kier molecular flexibility index (Phi) is 7.31. The molecule has 26 heavy (non-hydrogen) atoms. The van der Waals surface area contributed by atoms with Gasteiger partial charge in [-0.05, 0) is 59.1 Å². The van der Waals surface area contributed by atoms with Crippen molar-refractivity contribution in [3.05, 3.63) is 62.3 Å². The number of rotatable bonds is 6. The number of aliphatic hydroxyl groups is 1. The third kappa shape index (κ3) is 5.62. The average molecular weight is 486 g/mol. The normalized spacial score (nSPS) is 13.0. The number of esters is 1. The maximum Gasteiger partial charge on any atom is 0.337 e. The number of aromatic nitrogens is 1. The predicted octanol–water partition coefficient (Wildman–Crippen LogP) is 3.17. The minimum Gasteiger partial charge on any atom is -0.465 e. The molecule has 2 aromatic rings. The zero-order valence-corrected chi connectivity index (χ0v) is 17.4. The van der Waals surface area contributed by atoms with Crippen LogP contribution < -0.4 is 5.32 Å². The van der Waals surface area contributed by atoms with E-state index in [1.807, 2.05) is 6.92 Å². The van der Waals surface area contributed by atoms with E-state index in [-0.39, 0.29) is 11.7 Å². The van der Waals surface area contributed by atoms with Gasteiger partial charge in [0.15, 0.2) is 6.10 Å². The van der Waals surface area contributed by atoms with Crippen molar-refractivity contribution < 1.29 is 19.4 Å². The number of carbonyl (C=O) groups is 2. The standard InChI is InChI=1S/C18H18Br2N2O4/c1-10(7-11-3-5-12(6-4-11)18(25)26-2)21-17(24)16(23)14-8-13(19)9-15(20)22-14/h3-6,8-10,16,23H,7H2,1-2H3,(H,21,24). The highest BCUT2D eigenvalue weighted by Crippen LogP contribution is 2.21. The van der Waals surface area contributed by atoms with Gasteiger partial charge in [0.05, 0.1) is 18.4 Å². The van der Waals surface area contributed by atoms with Crippen LogP contribution in [-0.4, -0.2) is 35.1 Å². The van der Waals surface area contributed by atoms with Crippen molar-refractivity contribution >= 4 is 43.7 Å². The van der Waals surface area contributed by atoms with Crippen molar-refractivity contribution in [2.45, 2.75) is 25.5 Å². The Hall–Kier alpha value is -1.77. The molecule has 1 aromatic carbocycles. The number of carbonyl (C=O) groups excluding carboxylic acids is 2. The minimum atomic E-state index is -1.37. The van der Waals surface area contributed by atoms with E-state index in [0.717, 1.165) is 5.56 Å². The highest BCUT2D eigenvalue weighted by molar-refractivity contribution is 9.11. The van der Waals surface area contributed by atoms with E-state index in [9.17, 15) is 14.7 Å². The molecule has 138 valence electrons. The zero-order chi connectivity index (χ0) is 19.3. The van der Waals surface area contributed by atoms with Gasteiger partial charge in [-0.2, -0.15) is 0 Å². The van der Waals surface area contributed by atoms with Gasteiger partial charge in [0.25, 0.3) is 5.91 Å².